The number of rotatable bonds is 4. The first kappa shape index (κ1) is 24.3. The van der Waals surface area contributed by atoms with Gasteiger partial charge in [0.05, 0.1) is 41.7 Å². The average Bonchev–Trinajstić information content (AvgIpc) is 3.18. The van der Waals surface area contributed by atoms with E-state index in [1.54, 1.807) is 16.8 Å². The Hall–Kier alpha value is -3.36. The van der Waals surface area contributed by atoms with E-state index in [2.05, 4.69) is 10.4 Å². The zero-order valence-corrected chi connectivity index (χ0v) is 20.5. The second-order valence-electron chi connectivity index (χ2n) is 9.85. The Balaban J connectivity index is 1.49. The Bertz CT molecular complexity index is 1340. The van der Waals surface area contributed by atoms with Crippen LogP contribution in [0.1, 0.15) is 84.4 Å². The Morgan fingerprint density at radius 1 is 1.22 bits per heavy atom. The van der Waals surface area contributed by atoms with E-state index in [1.807, 2.05) is 45.0 Å². The number of carbonyl (C=O) groups excluding carboxylic acids is 1. The highest BCUT2D eigenvalue weighted by Gasteiger charge is 2.40. The first-order valence-electron chi connectivity index (χ1n) is 12.3. The number of para-hydroxylation sites is 1. The highest BCUT2D eigenvalue weighted by Crippen LogP contribution is 2.40. The van der Waals surface area contributed by atoms with Gasteiger partial charge in [0.1, 0.15) is 5.75 Å². The number of halogens is 3. The van der Waals surface area contributed by atoms with E-state index in [-0.39, 0.29) is 30.7 Å². The first-order valence-corrected chi connectivity index (χ1v) is 12.3. The van der Waals surface area contributed by atoms with Gasteiger partial charge in [-0.25, -0.2) is 9.50 Å². The van der Waals surface area contributed by atoms with Gasteiger partial charge in [-0.2, -0.15) is 18.3 Å². The summed E-state index contributed by atoms with van der Waals surface area (Å²) >= 11 is 0. The molecule has 1 N–H and O–H groups in total. The van der Waals surface area contributed by atoms with Gasteiger partial charge < -0.3 is 10.1 Å². The standard InChI is InChI=1S/C27H29F3N4O2/c1-15(2)23-20(26(35)33-21-12-13-36-22-7-5-4-6-19(21)22)14-31-34-24(16(3)32-25(23)34)17-8-10-18(11-9-17)27(28,29)30/h4-8,14-15,18,21H,9-13H2,1-3H3,(H,33,35)/t18?,21-/m0/s1. The predicted molar refractivity (Wildman–Crippen MR) is 130 cm³/mol. The van der Waals surface area contributed by atoms with Crippen LogP contribution >= 0.6 is 0 Å². The van der Waals surface area contributed by atoms with Crippen LogP contribution in [-0.4, -0.2) is 33.3 Å². The number of hydrogen-bond acceptors (Lipinski definition) is 4. The van der Waals surface area contributed by atoms with Gasteiger partial charge in [0.25, 0.3) is 5.91 Å². The fraction of sp³-hybridized carbons (Fsp3) is 0.444. The zero-order valence-electron chi connectivity index (χ0n) is 20.5. The van der Waals surface area contributed by atoms with Crippen molar-refractivity contribution < 1.29 is 22.7 Å². The summed E-state index contributed by atoms with van der Waals surface area (Å²) in [7, 11) is 0. The summed E-state index contributed by atoms with van der Waals surface area (Å²) in [6.45, 7) is 6.34. The first-order chi connectivity index (χ1) is 17.1. The maximum absolute atomic E-state index is 13.5. The lowest BCUT2D eigenvalue weighted by atomic mass is 9.87. The van der Waals surface area contributed by atoms with Crippen LogP contribution in [0.5, 0.6) is 5.75 Å². The molecule has 0 saturated heterocycles. The molecule has 0 saturated carbocycles. The van der Waals surface area contributed by atoms with Crippen LogP contribution in [0.3, 0.4) is 0 Å². The molecule has 3 aromatic rings. The Morgan fingerprint density at radius 2 is 2.00 bits per heavy atom. The molecule has 1 amide bonds. The number of aromatic nitrogens is 3. The molecule has 6 nitrogen and oxygen atoms in total. The SMILES string of the molecule is Cc1nc2c(C(C)C)c(C(=O)N[C@H]3CCOc4ccccc43)cnn2c1C1=CCC(C(F)(F)F)CC1. The zero-order chi connectivity index (χ0) is 25.6. The summed E-state index contributed by atoms with van der Waals surface area (Å²) in [6, 6.07) is 7.50. The number of ether oxygens (including phenoxy) is 1. The molecule has 0 bridgehead atoms. The van der Waals surface area contributed by atoms with Crippen LogP contribution in [0, 0.1) is 12.8 Å². The maximum atomic E-state index is 13.5. The van der Waals surface area contributed by atoms with Crippen LogP contribution < -0.4 is 10.1 Å². The summed E-state index contributed by atoms with van der Waals surface area (Å²) in [5.41, 5.74) is 4.96. The number of alkyl halides is 3. The predicted octanol–water partition coefficient (Wildman–Crippen LogP) is 6.16. The third-order valence-electron chi connectivity index (χ3n) is 7.13. The second-order valence-corrected chi connectivity index (χ2v) is 9.85. The van der Waals surface area contributed by atoms with Crippen molar-refractivity contribution in [2.45, 2.75) is 64.6 Å². The average molecular weight is 499 g/mol. The minimum atomic E-state index is -4.19. The summed E-state index contributed by atoms with van der Waals surface area (Å²) < 4.78 is 46.9. The fourth-order valence-electron chi connectivity index (χ4n) is 5.30. The van der Waals surface area contributed by atoms with E-state index in [4.69, 9.17) is 9.72 Å². The van der Waals surface area contributed by atoms with Crippen LogP contribution in [-0.2, 0) is 0 Å². The maximum Gasteiger partial charge on any atom is 0.392 e. The molecule has 2 atom stereocenters. The van der Waals surface area contributed by atoms with Gasteiger partial charge in [0.2, 0.25) is 0 Å². The van der Waals surface area contributed by atoms with Crippen molar-refractivity contribution in [3.8, 4) is 5.75 Å². The largest absolute Gasteiger partial charge is 0.493 e. The number of nitrogens with one attached hydrogen (secondary N) is 1. The van der Waals surface area contributed by atoms with Crippen LogP contribution in [0.15, 0.2) is 36.5 Å². The Morgan fingerprint density at radius 3 is 2.69 bits per heavy atom. The topological polar surface area (TPSA) is 68.5 Å². The molecule has 3 heterocycles. The number of amides is 1. The number of benzene rings is 1. The number of hydrogen-bond donors (Lipinski definition) is 1. The molecule has 0 spiro atoms. The monoisotopic (exact) mass is 498 g/mol. The van der Waals surface area contributed by atoms with E-state index < -0.39 is 12.1 Å². The highest BCUT2D eigenvalue weighted by atomic mass is 19.4. The van der Waals surface area contributed by atoms with Crippen molar-refractivity contribution in [2.24, 2.45) is 5.92 Å². The van der Waals surface area contributed by atoms with Crippen molar-refractivity contribution in [2.75, 3.05) is 6.61 Å². The van der Waals surface area contributed by atoms with Crippen LogP contribution in [0.25, 0.3) is 11.2 Å². The third kappa shape index (κ3) is 4.35. The van der Waals surface area contributed by atoms with E-state index >= 15 is 0 Å². The van der Waals surface area contributed by atoms with E-state index in [9.17, 15) is 18.0 Å². The van der Waals surface area contributed by atoms with Crippen molar-refractivity contribution >= 4 is 17.1 Å². The minimum absolute atomic E-state index is 0.0252. The van der Waals surface area contributed by atoms with Gasteiger partial charge in [0, 0.05) is 17.5 Å². The third-order valence-corrected chi connectivity index (χ3v) is 7.13. The lowest BCUT2D eigenvalue weighted by Gasteiger charge is -2.27. The number of carbonyl (C=O) groups is 1. The fourth-order valence-corrected chi connectivity index (χ4v) is 5.30. The smallest absolute Gasteiger partial charge is 0.392 e. The molecule has 36 heavy (non-hydrogen) atoms. The Labute approximate surface area is 207 Å². The van der Waals surface area contributed by atoms with Crippen molar-refractivity contribution in [3.63, 3.8) is 0 Å². The minimum Gasteiger partial charge on any atom is -0.493 e. The van der Waals surface area contributed by atoms with Gasteiger partial charge in [-0.15, -0.1) is 0 Å². The van der Waals surface area contributed by atoms with Gasteiger partial charge >= 0.3 is 6.18 Å². The lowest BCUT2D eigenvalue weighted by molar-refractivity contribution is -0.175. The molecule has 0 fully saturated rings. The Kier molecular flexibility index (Phi) is 6.26. The van der Waals surface area contributed by atoms with Crippen molar-refractivity contribution in [1.29, 1.82) is 0 Å². The highest BCUT2D eigenvalue weighted by molar-refractivity contribution is 5.97. The van der Waals surface area contributed by atoms with Gasteiger partial charge in [-0.1, -0.05) is 38.1 Å². The second kappa shape index (κ2) is 9.26. The number of imidazole rings is 1. The summed E-state index contributed by atoms with van der Waals surface area (Å²) in [5.74, 6) is -0.801. The molecular formula is C27H29F3N4O2. The molecular weight excluding hydrogens is 469 g/mol. The molecule has 5 rings (SSSR count). The van der Waals surface area contributed by atoms with Crippen LogP contribution in [0.4, 0.5) is 13.2 Å². The van der Waals surface area contributed by atoms with Crippen molar-refractivity contribution in [1.82, 2.24) is 19.9 Å². The number of nitrogens with zero attached hydrogens (tertiary/aromatic N) is 3. The molecule has 1 unspecified atom stereocenters. The summed E-state index contributed by atoms with van der Waals surface area (Å²) in [6.07, 6.45) is 0.0000917. The van der Waals surface area contributed by atoms with Crippen LogP contribution in [0.2, 0.25) is 0 Å². The number of fused-ring (bicyclic) bond motifs is 2. The van der Waals surface area contributed by atoms with Crippen molar-refractivity contribution in [3.05, 3.63) is 64.6 Å². The van der Waals surface area contributed by atoms with E-state index in [0.29, 0.717) is 36.4 Å². The number of aryl methyl sites for hydroxylation is 1. The van der Waals surface area contributed by atoms with E-state index in [0.717, 1.165) is 28.1 Å². The quantitative estimate of drug-likeness (QED) is 0.468. The van der Waals surface area contributed by atoms with Gasteiger partial charge in [0.15, 0.2) is 5.65 Å². The van der Waals surface area contributed by atoms with E-state index in [1.165, 1.54) is 0 Å². The molecule has 9 heteroatoms. The van der Waals surface area contributed by atoms with Gasteiger partial charge in [-0.05, 0) is 43.7 Å². The molecule has 2 aliphatic rings. The number of allylic oxidation sites excluding steroid dienone is 2. The molecule has 2 aromatic heterocycles. The molecule has 1 aromatic carbocycles. The summed E-state index contributed by atoms with van der Waals surface area (Å²) in [4.78, 5) is 18.2. The molecule has 1 aliphatic heterocycles. The molecule has 1 aliphatic carbocycles. The molecule has 190 valence electrons. The lowest BCUT2D eigenvalue weighted by Crippen LogP contribution is -2.33. The summed E-state index contributed by atoms with van der Waals surface area (Å²) in [5, 5.41) is 7.69. The normalized spacial score (nSPS) is 20.1. The van der Waals surface area contributed by atoms with Gasteiger partial charge in [-0.3, -0.25) is 4.79 Å². The molecule has 0 radical (unpaired) electrons.